The molecule has 44 heavy (non-hydrogen) atoms. The Kier molecular flexibility index (Phi) is 8.07. The SMILES string of the molecule is COc1ccncc1[C@H](C(=O)NC1CCC(F)(F)CC1)N(C(=O)[C@H]1CC(C)(C)CN1C#N)c1ccc(S(F)(F)(F)(F)F)cc1. The first-order valence-electron chi connectivity index (χ1n) is 13.6. The summed E-state index contributed by atoms with van der Waals surface area (Å²) in [5.41, 5.74) is -0.922. The molecule has 1 aliphatic heterocycles. The van der Waals surface area contributed by atoms with E-state index in [0.717, 1.165) is 4.90 Å². The molecule has 2 amide bonds. The van der Waals surface area contributed by atoms with Crippen LogP contribution in [0, 0.1) is 16.9 Å². The average molecular weight is 652 g/mol. The van der Waals surface area contributed by atoms with Crippen molar-refractivity contribution in [3.05, 3.63) is 48.3 Å². The fraction of sp³-hybridized carbons (Fsp3) is 0.500. The van der Waals surface area contributed by atoms with Gasteiger partial charge in [0.1, 0.15) is 22.7 Å². The van der Waals surface area contributed by atoms with E-state index < -0.39 is 69.2 Å². The molecule has 2 aromatic rings. The number of hydrogen-bond donors (Lipinski definition) is 1. The van der Waals surface area contributed by atoms with Gasteiger partial charge in [0.2, 0.25) is 11.8 Å². The van der Waals surface area contributed by atoms with Gasteiger partial charge in [-0.15, -0.1) is 0 Å². The standard InChI is InChI=1S/C28H32F7N5O3S/c1-27(2)14-22(39(16-27)17-36)26(42)40(19-4-6-20(7-5-19)44(31,32,33,34)35)24(21-15-37-13-10-23(21)43-3)25(41)38-18-8-11-28(29,30)12-9-18/h4-7,10,13,15,18,22,24H,8-9,11-12,14,16H2,1-3H3,(H,38,41)/t22-,24-/m1/s1. The molecule has 1 saturated carbocycles. The van der Waals surface area contributed by atoms with E-state index in [2.05, 4.69) is 10.3 Å². The fourth-order valence-corrected chi connectivity index (χ4v) is 6.32. The maximum atomic E-state index is 14.3. The van der Waals surface area contributed by atoms with Crippen molar-refractivity contribution in [2.24, 2.45) is 5.41 Å². The topological polar surface area (TPSA) is 98.6 Å². The number of alkyl halides is 2. The first kappa shape index (κ1) is 33.2. The number of ether oxygens (including phenoxy) is 1. The van der Waals surface area contributed by atoms with Crippen LogP contribution in [0.3, 0.4) is 0 Å². The van der Waals surface area contributed by atoms with Crippen LogP contribution in [0.1, 0.15) is 57.6 Å². The molecule has 0 unspecified atom stereocenters. The molecule has 1 aromatic heterocycles. The molecule has 2 atom stereocenters. The summed E-state index contributed by atoms with van der Waals surface area (Å²) >= 11 is 0. The van der Waals surface area contributed by atoms with Gasteiger partial charge in [0, 0.05) is 49.1 Å². The Hall–Kier alpha value is -3.74. The molecule has 0 spiro atoms. The molecule has 1 saturated heterocycles. The first-order chi connectivity index (χ1) is 20.1. The minimum absolute atomic E-state index is 0.0143. The van der Waals surface area contributed by atoms with Crippen LogP contribution in [0.25, 0.3) is 0 Å². The number of carbonyl (C=O) groups is 2. The van der Waals surface area contributed by atoms with Gasteiger partial charge in [-0.1, -0.05) is 33.3 Å². The van der Waals surface area contributed by atoms with E-state index in [0.29, 0.717) is 12.1 Å². The second-order valence-corrected chi connectivity index (χ2v) is 14.4. The van der Waals surface area contributed by atoms with Crippen LogP contribution in [-0.4, -0.2) is 53.4 Å². The fourth-order valence-electron chi connectivity index (χ4n) is 5.67. The number of benzene rings is 1. The lowest BCUT2D eigenvalue weighted by molar-refractivity contribution is -0.129. The number of halogens is 7. The van der Waals surface area contributed by atoms with Crippen molar-refractivity contribution in [3.8, 4) is 11.9 Å². The van der Waals surface area contributed by atoms with Crippen molar-refractivity contribution in [2.45, 2.75) is 74.9 Å². The zero-order chi connectivity index (χ0) is 32.8. The molecule has 1 aromatic carbocycles. The predicted octanol–water partition coefficient (Wildman–Crippen LogP) is 7.10. The number of amides is 2. The maximum absolute atomic E-state index is 14.3. The van der Waals surface area contributed by atoms with Crippen LogP contribution in [-0.2, 0) is 9.59 Å². The van der Waals surface area contributed by atoms with E-state index >= 15 is 0 Å². The van der Waals surface area contributed by atoms with Gasteiger partial charge in [-0.3, -0.25) is 24.4 Å². The molecule has 1 aliphatic carbocycles. The van der Waals surface area contributed by atoms with E-state index in [1.54, 1.807) is 13.8 Å². The highest BCUT2D eigenvalue weighted by atomic mass is 32.5. The van der Waals surface area contributed by atoms with Gasteiger partial charge >= 0.3 is 10.2 Å². The number of hydrogen-bond acceptors (Lipinski definition) is 6. The average Bonchev–Trinajstić information content (AvgIpc) is 3.25. The lowest BCUT2D eigenvalue weighted by Gasteiger charge is -2.41. The second-order valence-electron chi connectivity index (χ2n) is 11.9. The third-order valence-corrected chi connectivity index (χ3v) is 8.99. The molecule has 242 valence electrons. The Morgan fingerprint density at radius 3 is 2.27 bits per heavy atom. The van der Waals surface area contributed by atoms with Crippen molar-refractivity contribution >= 4 is 27.7 Å². The van der Waals surface area contributed by atoms with E-state index in [-0.39, 0.29) is 54.9 Å². The van der Waals surface area contributed by atoms with Crippen molar-refractivity contribution < 1.29 is 42.5 Å². The van der Waals surface area contributed by atoms with Gasteiger partial charge in [-0.2, -0.15) is 5.26 Å². The summed E-state index contributed by atoms with van der Waals surface area (Å²) in [6, 6.07) is -0.691. The highest BCUT2D eigenvalue weighted by Crippen LogP contribution is 3.02. The number of rotatable bonds is 8. The largest absolute Gasteiger partial charge is 0.496 e. The zero-order valence-corrected chi connectivity index (χ0v) is 24.9. The van der Waals surface area contributed by atoms with Crippen LogP contribution >= 0.6 is 10.2 Å². The number of methoxy groups -OCH3 is 1. The number of nitriles is 1. The minimum atomic E-state index is -10.1. The Labute approximate surface area is 249 Å². The Morgan fingerprint density at radius 2 is 1.73 bits per heavy atom. The number of carbonyl (C=O) groups excluding carboxylic acids is 2. The lowest BCUT2D eigenvalue weighted by atomic mass is 9.90. The predicted molar refractivity (Wildman–Crippen MR) is 149 cm³/mol. The van der Waals surface area contributed by atoms with Gasteiger partial charge < -0.3 is 10.1 Å². The monoisotopic (exact) mass is 651 g/mol. The number of nitrogens with one attached hydrogen (secondary N) is 1. The third kappa shape index (κ3) is 7.31. The minimum Gasteiger partial charge on any atom is -0.496 e. The van der Waals surface area contributed by atoms with Gasteiger partial charge in [0.05, 0.1) is 7.11 Å². The van der Waals surface area contributed by atoms with Gasteiger partial charge in [0.25, 0.3) is 5.91 Å². The first-order valence-corrected chi connectivity index (χ1v) is 15.6. The van der Waals surface area contributed by atoms with Crippen LogP contribution < -0.4 is 15.0 Å². The zero-order valence-electron chi connectivity index (χ0n) is 24.1. The van der Waals surface area contributed by atoms with E-state index in [4.69, 9.17) is 4.74 Å². The Bertz CT molecular complexity index is 1460. The summed E-state index contributed by atoms with van der Waals surface area (Å²) in [6.07, 6.45) is 3.42. The Balaban J connectivity index is 1.87. The highest BCUT2D eigenvalue weighted by molar-refractivity contribution is 8.45. The van der Waals surface area contributed by atoms with Crippen LogP contribution in [0.15, 0.2) is 47.6 Å². The van der Waals surface area contributed by atoms with Crippen LogP contribution in [0.2, 0.25) is 0 Å². The van der Waals surface area contributed by atoms with E-state index in [1.165, 1.54) is 30.5 Å². The maximum Gasteiger partial charge on any atom is 0.310 e. The van der Waals surface area contributed by atoms with Crippen molar-refractivity contribution in [3.63, 3.8) is 0 Å². The van der Waals surface area contributed by atoms with E-state index in [1.807, 2.05) is 6.19 Å². The van der Waals surface area contributed by atoms with Gasteiger partial charge in [-0.25, -0.2) is 8.78 Å². The number of aromatic nitrogens is 1. The molecule has 4 rings (SSSR count). The molecule has 2 fully saturated rings. The molecule has 0 bridgehead atoms. The van der Waals surface area contributed by atoms with Gasteiger partial charge in [-0.05, 0) is 55.0 Å². The summed E-state index contributed by atoms with van der Waals surface area (Å²) in [5.74, 6) is -4.62. The highest BCUT2D eigenvalue weighted by Gasteiger charge is 2.65. The summed E-state index contributed by atoms with van der Waals surface area (Å²) in [7, 11) is -8.83. The molecule has 8 nitrogen and oxygen atoms in total. The van der Waals surface area contributed by atoms with Crippen LogP contribution in [0.5, 0.6) is 5.75 Å². The van der Waals surface area contributed by atoms with Crippen LogP contribution in [0.4, 0.5) is 33.9 Å². The molecular formula is C28H32F7N5O3S. The van der Waals surface area contributed by atoms with E-state index in [9.17, 15) is 43.1 Å². The smallest absolute Gasteiger partial charge is 0.310 e. The summed E-state index contributed by atoms with van der Waals surface area (Å²) in [5, 5.41) is 12.5. The number of nitrogens with zero attached hydrogens (tertiary/aromatic N) is 4. The third-order valence-electron chi connectivity index (χ3n) is 7.83. The molecule has 16 heteroatoms. The van der Waals surface area contributed by atoms with Crippen molar-refractivity contribution in [1.29, 1.82) is 5.26 Å². The van der Waals surface area contributed by atoms with Gasteiger partial charge in [0.15, 0.2) is 6.19 Å². The number of anilines is 1. The second kappa shape index (κ2) is 10.7. The molecule has 0 radical (unpaired) electrons. The molecular weight excluding hydrogens is 619 g/mol. The molecule has 1 N–H and O–H groups in total. The van der Waals surface area contributed by atoms with Crippen molar-refractivity contribution in [1.82, 2.24) is 15.2 Å². The van der Waals surface area contributed by atoms with Crippen molar-refractivity contribution in [2.75, 3.05) is 18.6 Å². The molecule has 2 aliphatic rings. The summed E-state index contributed by atoms with van der Waals surface area (Å²) < 4.78 is 101. The number of likely N-dealkylation sites (tertiary alicyclic amines) is 1. The summed E-state index contributed by atoms with van der Waals surface area (Å²) in [4.78, 5) is 32.2. The quantitative estimate of drug-likeness (QED) is 0.242. The summed E-state index contributed by atoms with van der Waals surface area (Å²) in [6.45, 7) is 3.75. The normalized spacial score (nSPS) is 22.2. The lowest BCUT2D eigenvalue weighted by Crippen LogP contribution is -2.52. The molecule has 2 heterocycles. The number of pyridine rings is 1. The Morgan fingerprint density at radius 1 is 1.11 bits per heavy atom.